The summed E-state index contributed by atoms with van der Waals surface area (Å²) in [7, 11) is 0. The van der Waals surface area contributed by atoms with Gasteiger partial charge in [0, 0.05) is 25.4 Å². The average molecular weight is 262 g/mol. The molecule has 0 aromatic carbocycles. The third-order valence-electron chi connectivity index (χ3n) is 2.75. The second-order valence-electron chi connectivity index (χ2n) is 4.81. The maximum absolute atomic E-state index is 5.25. The molecule has 0 unspecified atom stereocenters. The third-order valence-corrected chi connectivity index (χ3v) is 3.06. The van der Waals surface area contributed by atoms with Crippen molar-refractivity contribution in [3.05, 3.63) is 40.7 Å². The summed E-state index contributed by atoms with van der Waals surface area (Å²) in [6, 6.07) is 4.04. The molecule has 0 aliphatic carbocycles. The lowest BCUT2D eigenvalue weighted by Gasteiger charge is -2.09. The maximum Gasteiger partial charge on any atom is 0.195 e. The molecule has 4 nitrogen and oxygen atoms in total. The molecule has 0 aliphatic rings. The molecule has 5 heteroatoms. The monoisotopic (exact) mass is 262 g/mol. The molecule has 2 heterocycles. The van der Waals surface area contributed by atoms with E-state index in [1.807, 2.05) is 12.3 Å². The first kappa shape index (κ1) is 13.0. The number of pyridine rings is 1. The number of aromatic nitrogens is 4. The van der Waals surface area contributed by atoms with Crippen LogP contribution >= 0.6 is 12.2 Å². The Morgan fingerprint density at radius 3 is 2.89 bits per heavy atom. The molecule has 0 saturated heterocycles. The van der Waals surface area contributed by atoms with Gasteiger partial charge in [-0.25, -0.2) is 0 Å². The van der Waals surface area contributed by atoms with Gasteiger partial charge in [0.15, 0.2) is 4.77 Å². The highest BCUT2D eigenvalue weighted by molar-refractivity contribution is 7.71. The van der Waals surface area contributed by atoms with Crippen LogP contribution in [0.25, 0.3) is 0 Å². The number of rotatable bonds is 5. The predicted octanol–water partition coefficient (Wildman–Crippen LogP) is 2.78. The summed E-state index contributed by atoms with van der Waals surface area (Å²) in [5.74, 6) is 1.59. The number of hydrogen-bond acceptors (Lipinski definition) is 3. The number of H-pyrrole nitrogens is 1. The third kappa shape index (κ3) is 3.26. The molecule has 0 atom stereocenters. The van der Waals surface area contributed by atoms with Crippen LogP contribution in [0.15, 0.2) is 24.5 Å². The molecular weight excluding hydrogens is 244 g/mol. The first-order chi connectivity index (χ1) is 8.66. The summed E-state index contributed by atoms with van der Waals surface area (Å²) >= 11 is 5.25. The minimum atomic E-state index is 0.562. The van der Waals surface area contributed by atoms with E-state index in [9.17, 15) is 0 Å². The molecule has 2 aromatic rings. The van der Waals surface area contributed by atoms with Crippen LogP contribution in [0.3, 0.4) is 0 Å². The molecule has 0 amide bonds. The lowest BCUT2D eigenvalue weighted by Crippen LogP contribution is -2.09. The van der Waals surface area contributed by atoms with Crippen LogP contribution in [0.2, 0.25) is 0 Å². The van der Waals surface area contributed by atoms with Gasteiger partial charge in [0.2, 0.25) is 0 Å². The molecule has 0 bridgehead atoms. The topological polar surface area (TPSA) is 46.5 Å². The Labute approximate surface area is 112 Å². The van der Waals surface area contributed by atoms with E-state index in [4.69, 9.17) is 12.2 Å². The highest BCUT2D eigenvalue weighted by Gasteiger charge is 2.07. The van der Waals surface area contributed by atoms with Crippen molar-refractivity contribution in [1.29, 1.82) is 0 Å². The van der Waals surface area contributed by atoms with Gasteiger partial charge in [-0.2, -0.15) is 5.10 Å². The minimum Gasteiger partial charge on any atom is -0.304 e. The molecule has 0 saturated carbocycles. The van der Waals surface area contributed by atoms with E-state index in [0.29, 0.717) is 10.7 Å². The summed E-state index contributed by atoms with van der Waals surface area (Å²) in [5.41, 5.74) is 1.22. The smallest absolute Gasteiger partial charge is 0.195 e. The van der Waals surface area contributed by atoms with Gasteiger partial charge in [-0.05, 0) is 36.2 Å². The minimum absolute atomic E-state index is 0.562. The molecule has 0 aliphatic heterocycles. The van der Waals surface area contributed by atoms with E-state index in [1.165, 1.54) is 5.56 Å². The molecule has 2 aromatic heterocycles. The van der Waals surface area contributed by atoms with Crippen molar-refractivity contribution < 1.29 is 0 Å². The molecule has 1 N–H and O–H groups in total. The quantitative estimate of drug-likeness (QED) is 0.843. The number of aryl methyl sites for hydroxylation is 2. The Hall–Kier alpha value is -1.49. The molecule has 18 heavy (non-hydrogen) atoms. The predicted molar refractivity (Wildman–Crippen MR) is 73.9 cm³/mol. The Morgan fingerprint density at radius 2 is 2.22 bits per heavy atom. The van der Waals surface area contributed by atoms with Crippen LogP contribution in [0.1, 0.15) is 25.2 Å². The normalized spacial score (nSPS) is 11.1. The molecular formula is C13H18N4S. The molecule has 0 fully saturated rings. The first-order valence-corrected chi connectivity index (χ1v) is 6.60. The number of aromatic amines is 1. The highest BCUT2D eigenvalue weighted by Crippen LogP contribution is 2.08. The lowest BCUT2D eigenvalue weighted by atomic mass is 10.1. The molecule has 2 rings (SSSR count). The summed E-state index contributed by atoms with van der Waals surface area (Å²) in [4.78, 5) is 4.12. The van der Waals surface area contributed by atoms with Crippen molar-refractivity contribution in [2.24, 2.45) is 5.92 Å². The fraction of sp³-hybridized carbons (Fsp3) is 0.462. The fourth-order valence-corrected chi connectivity index (χ4v) is 2.12. The fourth-order valence-electron chi connectivity index (χ4n) is 1.90. The van der Waals surface area contributed by atoms with Gasteiger partial charge < -0.3 is 4.57 Å². The van der Waals surface area contributed by atoms with Gasteiger partial charge in [0.05, 0.1) is 0 Å². The van der Waals surface area contributed by atoms with Crippen LogP contribution < -0.4 is 0 Å². The van der Waals surface area contributed by atoms with E-state index in [1.54, 1.807) is 6.20 Å². The van der Waals surface area contributed by atoms with Gasteiger partial charge in [-0.3, -0.25) is 10.1 Å². The van der Waals surface area contributed by atoms with E-state index in [-0.39, 0.29) is 0 Å². The summed E-state index contributed by atoms with van der Waals surface area (Å²) in [6.07, 6.45) is 5.50. The van der Waals surface area contributed by atoms with Crippen LogP contribution in [-0.2, 0) is 19.4 Å². The van der Waals surface area contributed by atoms with Crippen molar-refractivity contribution in [2.75, 3.05) is 0 Å². The Balaban J connectivity index is 2.08. The summed E-state index contributed by atoms with van der Waals surface area (Å²) < 4.78 is 2.81. The number of nitrogens with zero attached hydrogens (tertiary/aromatic N) is 3. The van der Waals surface area contributed by atoms with Gasteiger partial charge in [0.1, 0.15) is 5.82 Å². The lowest BCUT2D eigenvalue weighted by molar-refractivity contribution is 0.502. The zero-order chi connectivity index (χ0) is 13.0. The van der Waals surface area contributed by atoms with Crippen molar-refractivity contribution in [2.45, 2.75) is 33.2 Å². The Bertz CT molecular complexity index is 542. The van der Waals surface area contributed by atoms with Crippen molar-refractivity contribution in [3.63, 3.8) is 0 Å². The van der Waals surface area contributed by atoms with Crippen molar-refractivity contribution in [3.8, 4) is 0 Å². The zero-order valence-electron chi connectivity index (χ0n) is 10.8. The van der Waals surface area contributed by atoms with Crippen molar-refractivity contribution in [1.82, 2.24) is 19.7 Å². The highest BCUT2D eigenvalue weighted by atomic mass is 32.1. The van der Waals surface area contributed by atoms with E-state index >= 15 is 0 Å². The molecule has 96 valence electrons. The van der Waals surface area contributed by atoms with Crippen molar-refractivity contribution >= 4 is 12.2 Å². The summed E-state index contributed by atoms with van der Waals surface area (Å²) in [6.45, 7) is 5.27. The van der Waals surface area contributed by atoms with E-state index in [0.717, 1.165) is 25.2 Å². The van der Waals surface area contributed by atoms with Crippen LogP contribution in [0, 0.1) is 10.7 Å². The van der Waals surface area contributed by atoms with Crippen LogP contribution in [0.5, 0.6) is 0 Å². The van der Waals surface area contributed by atoms with Gasteiger partial charge >= 0.3 is 0 Å². The van der Waals surface area contributed by atoms with Crippen LogP contribution in [-0.4, -0.2) is 19.7 Å². The largest absolute Gasteiger partial charge is 0.304 e. The van der Waals surface area contributed by atoms with E-state index < -0.39 is 0 Å². The second kappa shape index (κ2) is 5.91. The second-order valence-corrected chi connectivity index (χ2v) is 5.20. The van der Waals surface area contributed by atoms with Gasteiger partial charge in [-0.1, -0.05) is 19.9 Å². The molecule has 0 spiro atoms. The van der Waals surface area contributed by atoms with E-state index in [2.05, 4.69) is 39.7 Å². The van der Waals surface area contributed by atoms with Crippen LogP contribution in [0.4, 0.5) is 0 Å². The zero-order valence-corrected chi connectivity index (χ0v) is 11.6. The molecule has 0 radical (unpaired) electrons. The first-order valence-electron chi connectivity index (χ1n) is 6.20. The Morgan fingerprint density at radius 1 is 1.39 bits per heavy atom. The Kier molecular flexibility index (Phi) is 4.25. The summed E-state index contributed by atoms with van der Waals surface area (Å²) in [5, 5.41) is 7.19. The average Bonchev–Trinajstić information content (AvgIpc) is 2.69. The standard InChI is InChI=1S/C13H18N4S/c1-10(2)9-17-12(15-16-13(17)18)6-5-11-4-3-7-14-8-11/h3-4,7-8,10H,5-6,9H2,1-2H3,(H,16,18). The maximum atomic E-state index is 5.25. The number of hydrogen-bond donors (Lipinski definition) is 1. The van der Waals surface area contributed by atoms with Gasteiger partial charge in [0.25, 0.3) is 0 Å². The SMILES string of the molecule is CC(C)Cn1c(CCc2cccnc2)n[nH]c1=S. The number of nitrogens with one attached hydrogen (secondary N) is 1. The van der Waals surface area contributed by atoms with Gasteiger partial charge in [-0.15, -0.1) is 0 Å².